The number of phenolic OH excluding ortho intramolecular Hbond substituents is 1. The van der Waals surface area contributed by atoms with Crippen molar-refractivity contribution < 1.29 is 33.6 Å². The predicted octanol–water partition coefficient (Wildman–Crippen LogP) is 3.01. The molecule has 4 atom stereocenters. The van der Waals surface area contributed by atoms with Gasteiger partial charge >= 0.3 is 5.97 Å². The highest BCUT2D eigenvalue weighted by atomic mass is 16.7. The Labute approximate surface area is 259 Å². The summed E-state index contributed by atoms with van der Waals surface area (Å²) in [4.78, 5) is 26.5. The molecule has 2 aromatic carbocycles. The van der Waals surface area contributed by atoms with Crippen LogP contribution < -0.4 is 35.9 Å². The molecule has 0 aromatic heterocycles. The second-order valence-corrected chi connectivity index (χ2v) is 11.9. The molecule has 3 aliphatic rings. The molecular formula is C33H46N4O7. The van der Waals surface area contributed by atoms with Gasteiger partial charge in [0.2, 0.25) is 12.7 Å². The van der Waals surface area contributed by atoms with E-state index in [1.165, 1.54) is 7.11 Å². The first kappa shape index (κ1) is 31.9. The zero-order valence-electron chi connectivity index (χ0n) is 25.8. The number of nitrogens with two attached hydrogens (primary N) is 1. The fourth-order valence-corrected chi connectivity index (χ4v) is 6.62. The maximum Gasteiger partial charge on any atom is 0.310 e. The van der Waals surface area contributed by atoms with Crippen molar-refractivity contribution in [1.82, 2.24) is 16.0 Å². The van der Waals surface area contributed by atoms with Crippen molar-refractivity contribution in [1.29, 1.82) is 0 Å². The third-order valence-corrected chi connectivity index (χ3v) is 8.89. The number of fused-ring (bicyclic) bond motifs is 3. The molecule has 1 saturated heterocycles. The van der Waals surface area contributed by atoms with E-state index >= 15 is 0 Å². The molecule has 2 heterocycles. The number of rotatable bonds is 16. The van der Waals surface area contributed by atoms with E-state index in [9.17, 15) is 14.7 Å². The molecule has 240 valence electrons. The number of cyclic esters (lactones) is 1. The number of carbonyl (C=O) groups excluding carboxylic acids is 2. The lowest BCUT2D eigenvalue weighted by atomic mass is 9.65. The molecule has 1 fully saturated rings. The van der Waals surface area contributed by atoms with Crippen LogP contribution in [-0.2, 0) is 14.3 Å². The summed E-state index contributed by atoms with van der Waals surface area (Å²) in [6.07, 6.45) is 5.28. The first-order valence-electron chi connectivity index (χ1n) is 15.8. The number of hydrogen-bond donors (Lipinski definition) is 5. The normalized spacial score (nSPS) is 21.5. The monoisotopic (exact) mass is 610 g/mol. The number of amides is 1. The van der Waals surface area contributed by atoms with Crippen LogP contribution in [0.15, 0.2) is 24.3 Å². The third kappa shape index (κ3) is 7.06. The van der Waals surface area contributed by atoms with Gasteiger partial charge in [0.25, 0.3) is 0 Å². The lowest BCUT2D eigenvalue weighted by molar-refractivity contribution is -0.141. The summed E-state index contributed by atoms with van der Waals surface area (Å²) in [5.74, 6) is 0.0788. The fraction of sp³-hybridized carbons (Fsp3) is 0.576. The number of methoxy groups -OCH3 is 1. The Balaban J connectivity index is 1.25. The number of nitrogens with one attached hydrogen (secondary N) is 3. The second kappa shape index (κ2) is 15.0. The Kier molecular flexibility index (Phi) is 10.8. The van der Waals surface area contributed by atoms with Gasteiger partial charge in [-0.15, -0.1) is 0 Å². The minimum absolute atomic E-state index is 0.0565. The summed E-state index contributed by atoms with van der Waals surface area (Å²) in [5.41, 5.74) is 8.74. The van der Waals surface area contributed by atoms with Gasteiger partial charge in [0.05, 0.1) is 25.7 Å². The number of benzene rings is 2. The maximum atomic E-state index is 13.3. The van der Waals surface area contributed by atoms with Crippen LogP contribution in [0.25, 0.3) is 0 Å². The average molecular weight is 611 g/mol. The number of aromatic hydroxyl groups is 1. The van der Waals surface area contributed by atoms with E-state index in [2.05, 4.69) is 16.0 Å². The molecule has 2 aliphatic heterocycles. The van der Waals surface area contributed by atoms with Crippen LogP contribution >= 0.6 is 0 Å². The smallest absolute Gasteiger partial charge is 0.310 e. The Bertz CT molecular complexity index is 1320. The number of ether oxygens (including phenoxy) is 4. The molecule has 11 nitrogen and oxygen atoms in total. The van der Waals surface area contributed by atoms with Crippen molar-refractivity contribution in [3.8, 4) is 23.0 Å². The number of esters is 1. The lowest BCUT2D eigenvalue weighted by Gasteiger charge is -2.39. The van der Waals surface area contributed by atoms with Gasteiger partial charge in [-0.2, -0.15) is 0 Å². The van der Waals surface area contributed by atoms with Crippen molar-refractivity contribution in [3.63, 3.8) is 0 Å². The molecular weight excluding hydrogens is 564 g/mol. The minimum Gasteiger partial charge on any atom is -0.504 e. The molecule has 0 radical (unpaired) electrons. The van der Waals surface area contributed by atoms with Gasteiger partial charge in [0.15, 0.2) is 23.0 Å². The summed E-state index contributed by atoms with van der Waals surface area (Å²) < 4.78 is 22.5. The van der Waals surface area contributed by atoms with Gasteiger partial charge in [-0.1, -0.05) is 6.07 Å². The maximum absolute atomic E-state index is 13.3. The standard InChI is InChI=1S/C33H46N4O7/c1-20-14-21(15-27(41-2)32(20)39)29-22-16-25-26(44-19-43-25)17-23(22)31(24-18-42-33(40)30(24)29)37-28(38)8-3-5-10-35-12-7-13-36-11-6-4-9-34/h14-17,24,29-31,35-36,39H,3-13,18-19,34H2,1-2H3,(H,37,38)/t24-,29?,30-,31+/m0/s1. The van der Waals surface area contributed by atoms with Crippen LogP contribution in [-0.4, -0.2) is 70.2 Å². The van der Waals surface area contributed by atoms with E-state index in [4.69, 9.17) is 24.7 Å². The van der Waals surface area contributed by atoms with Gasteiger partial charge in [-0.25, -0.2) is 0 Å². The van der Waals surface area contributed by atoms with E-state index in [0.29, 0.717) is 29.2 Å². The number of phenols is 1. The topological polar surface area (TPSA) is 153 Å². The van der Waals surface area contributed by atoms with Crippen molar-refractivity contribution >= 4 is 11.9 Å². The Hall–Kier alpha value is -3.54. The number of carbonyl (C=O) groups is 2. The quantitative estimate of drug-likeness (QED) is 0.142. The highest BCUT2D eigenvalue weighted by Crippen LogP contribution is 2.55. The van der Waals surface area contributed by atoms with E-state index < -0.39 is 12.0 Å². The molecule has 0 spiro atoms. The van der Waals surface area contributed by atoms with Crippen LogP contribution in [0, 0.1) is 18.8 Å². The van der Waals surface area contributed by atoms with Crippen molar-refractivity contribution in [2.45, 2.75) is 57.4 Å². The van der Waals surface area contributed by atoms with E-state index in [1.807, 2.05) is 18.2 Å². The van der Waals surface area contributed by atoms with Crippen LogP contribution in [0.4, 0.5) is 0 Å². The van der Waals surface area contributed by atoms with Crippen LogP contribution in [0.2, 0.25) is 0 Å². The predicted molar refractivity (Wildman–Crippen MR) is 165 cm³/mol. The highest BCUT2D eigenvalue weighted by Gasteiger charge is 2.53. The molecule has 5 rings (SSSR count). The lowest BCUT2D eigenvalue weighted by Crippen LogP contribution is -2.42. The summed E-state index contributed by atoms with van der Waals surface area (Å²) in [7, 11) is 1.50. The molecule has 0 bridgehead atoms. The third-order valence-electron chi connectivity index (χ3n) is 8.89. The molecule has 1 unspecified atom stereocenters. The average Bonchev–Trinajstić information content (AvgIpc) is 3.64. The summed E-state index contributed by atoms with van der Waals surface area (Å²) in [6, 6.07) is 7.08. The van der Waals surface area contributed by atoms with Crippen molar-refractivity contribution in [2.75, 3.05) is 53.2 Å². The van der Waals surface area contributed by atoms with E-state index in [0.717, 1.165) is 81.5 Å². The molecule has 44 heavy (non-hydrogen) atoms. The molecule has 1 aliphatic carbocycles. The van der Waals surface area contributed by atoms with Crippen molar-refractivity contribution in [2.24, 2.45) is 17.6 Å². The van der Waals surface area contributed by atoms with Gasteiger partial charge in [0, 0.05) is 18.3 Å². The van der Waals surface area contributed by atoms with Crippen molar-refractivity contribution in [3.05, 3.63) is 46.5 Å². The zero-order valence-corrected chi connectivity index (χ0v) is 25.8. The van der Waals surface area contributed by atoms with Gasteiger partial charge in [-0.3, -0.25) is 9.59 Å². The molecule has 1 amide bonds. The first-order valence-corrected chi connectivity index (χ1v) is 15.8. The van der Waals surface area contributed by atoms with E-state index in [-0.39, 0.29) is 42.9 Å². The summed E-state index contributed by atoms with van der Waals surface area (Å²) in [5, 5.41) is 20.6. The first-order chi connectivity index (χ1) is 21.4. The Morgan fingerprint density at radius 2 is 1.64 bits per heavy atom. The fourth-order valence-electron chi connectivity index (χ4n) is 6.62. The van der Waals surface area contributed by atoms with Gasteiger partial charge < -0.3 is 45.7 Å². The SMILES string of the molecule is COc1cc(C2c3cc4c(cc3[C@@H](NC(=O)CCCCNCCCNCCCCN)[C@H]3COC(=O)[C@H]23)OCO4)cc(C)c1O. The molecule has 2 aromatic rings. The Morgan fingerprint density at radius 3 is 2.34 bits per heavy atom. The summed E-state index contributed by atoms with van der Waals surface area (Å²) in [6.45, 7) is 6.66. The van der Waals surface area contributed by atoms with Gasteiger partial charge in [-0.05, 0) is 112 Å². The van der Waals surface area contributed by atoms with E-state index in [1.54, 1.807) is 13.0 Å². The second-order valence-electron chi connectivity index (χ2n) is 11.9. The zero-order chi connectivity index (χ0) is 31.1. The van der Waals surface area contributed by atoms with Crippen LogP contribution in [0.3, 0.4) is 0 Å². The number of aryl methyl sites for hydroxylation is 1. The Morgan fingerprint density at radius 1 is 0.955 bits per heavy atom. The largest absolute Gasteiger partial charge is 0.504 e. The number of hydrogen-bond acceptors (Lipinski definition) is 10. The minimum atomic E-state index is -0.527. The van der Waals surface area contributed by atoms with Crippen LogP contribution in [0.5, 0.6) is 23.0 Å². The van der Waals surface area contributed by atoms with Gasteiger partial charge in [0.1, 0.15) is 0 Å². The molecule has 6 N–H and O–H groups in total. The summed E-state index contributed by atoms with van der Waals surface area (Å²) >= 11 is 0. The highest BCUT2D eigenvalue weighted by molar-refractivity contribution is 5.81. The molecule has 11 heteroatoms. The molecule has 0 saturated carbocycles. The van der Waals surface area contributed by atoms with Crippen LogP contribution in [0.1, 0.15) is 72.7 Å². The number of unbranched alkanes of at least 4 members (excludes halogenated alkanes) is 2.